The number of pyridine rings is 1. The van der Waals surface area contributed by atoms with E-state index in [0.717, 1.165) is 24.3 Å². The molecule has 1 N–H and O–H groups in total. The SMILES string of the molecule is CCOC(=O)N1CCC(NCc2cccnc2-n2cncn2)C1. The van der Waals surface area contributed by atoms with Crippen LogP contribution in [-0.4, -0.2) is 56.5 Å². The van der Waals surface area contributed by atoms with Gasteiger partial charge in [0.05, 0.1) is 6.61 Å². The second-order valence-corrected chi connectivity index (χ2v) is 5.34. The third kappa shape index (κ3) is 3.65. The molecule has 0 bridgehead atoms. The molecule has 8 nitrogen and oxygen atoms in total. The van der Waals surface area contributed by atoms with Crippen LogP contribution >= 0.6 is 0 Å². The average Bonchev–Trinajstić information content (AvgIpc) is 3.25. The first-order valence-corrected chi connectivity index (χ1v) is 7.72. The summed E-state index contributed by atoms with van der Waals surface area (Å²) in [7, 11) is 0. The van der Waals surface area contributed by atoms with Crippen LogP contribution in [0.5, 0.6) is 0 Å². The Morgan fingerprint density at radius 3 is 3.22 bits per heavy atom. The maximum absolute atomic E-state index is 11.7. The molecule has 122 valence electrons. The lowest BCUT2D eigenvalue weighted by atomic mass is 10.2. The van der Waals surface area contributed by atoms with E-state index in [1.54, 1.807) is 22.1 Å². The van der Waals surface area contributed by atoms with E-state index in [1.165, 1.54) is 6.33 Å². The van der Waals surface area contributed by atoms with Crippen LogP contribution in [0, 0.1) is 0 Å². The van der Waals surface area contributed by atoms with Gasteiger partial charge >= 0.3 is 6.09 Å². The summed E-state index contributed by atoms with van der Waals surface area (Å²) >= 11 is 0. The Bertz CT molecular complexity index is 645. The molecule has 1 saturated heterocycles. The van der Waals surface area contributed by atoms with Gasteiger partial charge in [0.1, 0.15) is 12.7 Å². The van der Waals surface area contributed by atoms with Crippen LogP contribution in [0.25, 0.3) is 5.82 Å². The average molecular weight is 316 g/mol. The van der Waals surface area contributed by atoms with Crippen molar-refractivity contribution in [2.24, 2.45) is 0 Å². The topological polar surface area (TPSA) is 85.2 Å². The number of carbonyl (C=O) groups excluding carboxylic acids is 1. The number of nitrogens with one attached hydrogen (secondary N) is 1. The van der Waals surface area contributed by atoms with E-state index in [0.29, 0.717) is 19.7 Å². The first-order valence-electron chi connectivity index (χ1n) is 7.72. The fraction of sp³-hybridized carbons (Fsp3) is 0.467. The Balaban J connectivity index is 1.59. The molecule has 0 aliphatic carbocycles. The van der Waals surface area contributed by atoms with Crippen molar-refractivity contribution in [3.05, 3.63) is 36.5 Å². The molecular formula is C15H20N6O2. The highest BCUT2D eigenvalue weighted by Crippen LogP contribution is 2.13. The molecule has 1 aliphatic heterocycles. The van der Waals surface area contributed by atoms with Gasteiger partial charge in [-0.15, -0.1) is 0 Å². The number of ether oxygens (including phenoxy) is 1. The summed E-state index contributed by atoms with van der Waals surface area (Å²) in [4.78, 5) is 21.8. The quantitative estimate of drug-likeness (QED) is 0.885. The van der Waals surface area contributed by atoms with E-state index in [9.17, 15) is 4.79 Å². The van der Waals surface area contributed by atoms with Gasteiger partial charge in [-0.05, 0) is 19.4 Å². The van der Waals surface area contributed by atoms with Crippen molar-refractivity contribution in [2.75, 3.05) is 19.7 Å². The highest BCUT2D eigenvalue weighted by atomic mass is 16.6. The summed E-state index contributed by atoms with van der Waals surface area (Å²) in [5.41, 5.74) is 1.03. The first-order chi connectivity index (χ1) is 11.3. The van der Waals surface area contributed by atoms with Crippen LogP contribution in [0.3, 0.4) is 0 Å². The smallest absolute Gasteiger partial charge is 0.409 e. The number of likely N-dealkylation sites (tertiary alicyclic amines) is 1. The Labute approximate surface area is 134 Å². The van der Waals surface area contributed by atoms with Crippen molar-refractivity contribution in [2.45, 2.75) is 25.9 Å². The fourth-order valence-corrected chi connectivity index (χ4v) is 2.65. The summed E-state index contributed by atoms with van der Waals surface area (Å²) in [6, 6.07) is 4.16. The van der Waals surface area contributed by atoms with Crippen molar-refractivity contribution >= 4 is 6.09 Å². The van der Waals surface area contributed by atoms with E-state index in [2.05, 4.69) is 20.4 Å². The molecule has 23 heavy (non-hydrogen) atoms. The summed E-state index contributed by atoms with van der Waals surface area (Å²) in [6.07, 6.45) is 5.53. The van der Waals surface area contributed by atoms with Gasteiger partial charge < -0.3 is 15.0 Å². The zero-order chi connectivity index (χ0) is 16.1. The molecule has 1 aliphatic rings. The third-order valence-electron chi connectivity index (χ3n) is 3.80. The molecular weight excluding hydrogens is 296 g/mol. The Hall–Kier alpha value is -2.48. The van der Waals surface area contributed by atoms with E-state index < -0.39 is 0 Å². The lowest BCUT2D eigenvalue weighted by Gasteiger charge is -2.17. The summed E-state index contributed by atoms with van der Waals surface area (Å²) < 4.78 is 6.69. The summed E-state index contributed by atoms with van der Waals surface area (Å²) in [5, 5.41) is 7.60. The molecule has 0 spiro atoms. The zero-order valence-corrected chi connectivity index (χ0v) is 13.1. The third-order valence-corrected chi connectivity index (χ3v) is 3.80. The predicted octanol–water partition coefficient (Wildman–Crippen LogP) is 0.983. The number of rotatable bonds is 5. The highest BCUT2D eigenvalue weighted by Gasteiger charge is 2.26. The molecule has 8 heteroatoms. The van der Waals surface area contributed by atoms with Crippen LogP contribution < -0.4 is 5.32 Å². The molecule has 3 rings (SSSR count). The molecule has 3 heterocycles. The van der Waals surface area contributed by atoms with Gasteiger partial charge in [0.15, 0.2) is 5.82 Å². The minimum absolute atomic E-state index is 0.235. The minimum Gasteiger partial charge on any atom is -0.450 e. The molecule has 2 aromatic rings. The Morgan fingerprint density at radius 2 is 2.43 bits per heavy atom. The molecule has 0 aromatic carbocycles. The van der Waals surface area contributed by atoms with Gasteiger partial charge in [0, 0.05) is 37.4 Å². The second-order valence-electron chi connectivity index (χ2n) is 5.34. The number of hydrogen-bond donors (Lipinski definition) is 1. The molecule has 1 atom stereocenters. The van der Waals surface area contributed by atoms with Crippen LogP contribution in [-0.2, 0) is 11.3 Å². The fourth-order valence-electron chi connectivity index (χ4n) is 2.65. The normalized spacial score (nSPS) is 17.4. The monoisotopic (exact) mass is 316 g/mol. The standard InChI is InChI=1S/C15H20N6O2/c1-2-23-15(22)20-7-5-13(9-20)18-8-12-4-3-6-17-14(12)21-11-16-10-19-21/h3-4,6,10-11,13,18H,2,5,7-9H2,1H3. The Morgan fingerprint density at radius 1 is 1.52 bits per heavy atom. The molecule has 0 radical (unpaired) electrons. The second kappa shape index (κ2) is 7.19. The molecule has 1 amide bonds. The summed E-state index contributed by atoms with van der Waals surface area (Å²) in [6.45, 7) is 4.27. The van der Waals surface area contributed by atoms with Crippen molar-refractivity contribution in [3.8, 4) is 5.82 Å². The minimum atomic E-state index is -0.235. The van der Waals surface area contributed by atoms with Gasteiger partial charge in [0.25, 0.3) is 0 Å². The molecule has 2 aromatic heterocycles. The van der Waals surface area contributed by atoms with Gasteiger partial charge in [-0.2, -0.15) is 5.10 Å². The highest BCUT2D eigenvalue weighted by molar-refractivity contribution is 5.68. The maximum atomic E-state index is 11.7. The first kappa shape index (κ1) is 15.4. The molecule has 1 unspecified atom stereocenters. The number of nitrogens with zero attached hydrogens (tertiary/aromatic N) is 5. The number of aromatic nitrogens is 4. The molecule has 1 fully saturated rings. The van der Waals surface area contributed by atoms with Gasteiger partial charge in [-0.25, -0.2) is 19.4 Å². The number of carbonyl (C=O) groups is 1. The Kier molecular flexibility index (Phi) is 4.82. The zero-order valence-electron chi connectivity index (χ0n) is 13.1. The largest absolute Gasteiger partial charge is 0.450 e. The van der Waals surface area contributed by atoms with Crippen molar-refractivity contribution in [1.82, 2.24) is 30.0 Å². The van der Waals surface area contributed by atoms with Gasteiger partial charge in [0.2, 0.25) is 0 Å². The van der Waals surface area contributed by atoms with E-state index in [-0.39, 0.29) is 12.1 Å². The van der Waals surface area contributed by atoms with Gasteiger partial charge in [-0.1, -0.05) is 6.07 Å². The van der Waals surface area contributed by atoms with Gasteiger partial charge in [-0.3, -0.25) is 0 Å². The van der Waals surface area contributed by atoms with Crippen molar-refractivity contribution < 1.29 is 9.53 Å². The van der Waals surface area contributed by atoms with Crippen LogP contribution in [0.2, 0.25) is 0 Å². The predicted molar refractivity (Wildman–Crippen MR) is 83.0 cm³/mol. The lowest BCUT2D eigenvalue weighted by Crippen LogP contribution is -2.35. The van der Waals surface area contributed by atoms with Crippen LogP contribution in [0.1, 0.15) is 18.9 Å². The van der Waals surface area contributed by atoms with Crippen molar-refractivity contribution in [3.63, 3.8) is 0 Å². The lowest BCUT2D eigenvalue weighted by molar-refractivity contribution is 0.115. The number of hydrogen-bond acceptors (Lipinski definition) is 6. The number of amides is 1. The van der Waals surface area contributed by atoms with Crippen LogP contribution in [0.4, 0.5) is 4.79 Å². The van der Waals surface area contributed by atoms with E-state index in [4.69, 9.17) is 4.74 Å². The maximum Gasteiger partial charge on any atom is 0.409 e. The van der Waals surface area contributed by atoms with Crippen molar-refractivity contribution in [1.29, 1.82) is 0 Å². The molecule has 0 saturated carbocycles. The summed E-state index contributed by atoms with van der Waals surface area (Å²) in [5.74, 6) is 0.762. The van der Waals surface area contributed by atoms with E-state index >= 15 is 0 Å². The van der Waals surface area contributed by atoms with Crippen LogP contribution in [0.15, 0.2) is 31.0 Å². The van der Waals surface area contributed by atoms with E-state index in [1.807, 2.05) is 19.1 Å².